The van der Waals surface area contributed by atoms with Crippen LogP contribution in [-0.4, -0.2) is 49.2 Å². The second-order valence-corrected chi connectivity index (χ2v) is 9.36. The Hall–Kier alpha value is -3.30. The van der Waals surface area contributed by atoms with Crippen LogP contribution >= 0.6 is 0 Å². The number of rotatable bonds is 7. The lowest BCUT2D eigenvalue weighted by Gasteiger charge is -2.15. The number of hydrogen-bond acceptors (Lipinski definition) is 7. The van der Waals surface area contributed by atoms with Crippen LogP contribution < -0.4 is 0 Å². The van der Waals surface area contributed by atoms with Gasteiger partial charge in [0.1, 0.15) is 5.76 Å². The summed E-state index contributed by atoms with van der Waals surface area (Å²) in [5.41, 5.74) is 0.971. The van der Waals surface area contributed by atoms with Crippen LogP contribution in [0.3, 0.4) is 0 Å². The van der Waals surface area contributed by atoms with Crippen molar-refractivity contribution in [2.45, 2.75) is 24.7 Å². The number of aromatic nitrogens is 1. The number of sulfonamides is 1. The van der Waals surface area contributed by atoms with E-state index in [1.807, 2.05) is 18.2 Å². The smallest absolute Gasteiger partial charge is 0.361 e. The van der Waals surface area contributed by atoms with Gasteiger partial charge in [0.05, 0.1) is 4.90 Å². The van der Waals surface area contributed by atoms with Gasteiger partial charge >= 0.3 is 5.97 Å². The van der Waals surface area contributed by atoms with Crippen LogP contribution in [0.25, 0.3) is 11.5 Å². The molecule has 2 aromatic carbocycles. The van der Waals surface area contributed by atoms with Crippen molar-refractivity contribution in [2.24, 2.45) is 0 Å². The molecule has 1 fully saturated rings. The lowest BCUT2D eigenvalue weighted by Crippen LogP contribution is -2.27. The van der Waals surface area contributed by atoms with Crippen molar-refractivity contribution < 1.29 is 27.2 Å². The molecular weight excluding hydrogens is 432 g/mol. The van der Waals surface area contributed by atoms with Gasteiger partial charge in [-0.3, -0.25) is 4.79 Å². The molecule has 9 heteroatoms. The molecule has 1 aromatic heterocycles. The maximum absolute atomic E-state index is 12.6. The third kappa shape index (κ3) is 4.49. The summed E-state index contributed by atoms with van der Waals surface area (Å²) in [5, 5.41) is 0. The molecule has 32 heavy (non-hydrogen) atoms. The third-order valence-corrected chi connectivity index (χ3v) is 7.14. The van der Waals surface area contributed by atoms with Gasteiger partial charge in [-0.15, -0.1) is 0 Å². The van der Waals surface area contributed by atoms with Gasteiger partial charge in [0.15, 0.2) is 18.1 Å². The second-order valence-electron chi connectivity index (χ2n) is 7.42. The fourth-order valence-corrected chi connectivity index (χ4v) is 4.98. The number of ether oxygens (including phenoxy) is 1. The highest BCUT2D eigenvalue weighted by molar-refractivity contribution is 7.89. The number of benzene rings is 2. The number of hydrogen-bond donors (Lipinski definition) is 0. The number of esters is 1. The monoisotopic (exact) mass is 454 g/mol. The first kappa shape index (κ1) is 21.9. The maximum Gasteiger partial charge on any atom is 0.361 e. The summed E-state index contributed by atoms with van der Waals surface area (Å²) in [6, 6.07) is 14.8. The highest BCUT2D eigenvalue weighted by atomic mass is 32.2. The van der Waals surface area contributed by atoms with Crippen molar-refractivity contribution >= 4 is 21.8 Å². The van der Waals surface area contributed by atoms with E-state index in [0.717, 1.165) is 18.4 Å². The van der Waals surface area contributed by atoms with E-state index in [1.165, 1.54) is 28.6 Å². The van der Waals surface area contributed by atoms with E-state index in [0.29, 0.717) is 13.1 Å². The minimum absolute atomic E-state index is 0.00343. The number of ketones is 1. The van der Waals surface area contributed by atoms with E-state index in [4.69, 9.17) is 9.15 Å². The van der Waals surface area contributed by atoms with E-state index >= 15 is 0 Å². The minimum atomic E-state index is -3.55. The zero-order chi connectivity index (χ0) is 22.7. The Balaban J connectivity index is 1.40. The van der Waals surface area contributed by atoms with Crippen molar-refractivity contribution in [1.29, 1.82) is 0 Å². The Labute approximate surface area is 185 Å². The van der Waals surface area contributed by atoms with E-state index in [-0.39, 0.29) is 27.8 Å². The topological polar surface area (TPSA) is 107 Å². The van der Waals surface area contributed by atoms with Crippen molar-refractivity contribution in [3.8, 4) is 11.5 Å². The van der Waals surface area contributed by atoms with E-state index < -0.39 is 28.4 Å². The minimum Gasteiger partial charge on any atom is -0.452 e. The lowest BCUT2D eigenvalue weighted by molar-refractivity contribution is 0.0468. The maximum atomic E-state index is 12.6. The number of oxazole rings is 1. The largest absolute Gasteiger partial charge is 0.452 e. The molecule has 1 aliphatic rings. The highest BCUT2D eigenvalue weighted by Crippen LogP contribution is 2.23. The summed E-state index contributed by atoms with van der Waals surface area (Å²) in [7, 11) is -3.55. The van der Waals surface area contributed by atoms with Crippen LogP contribution in [0, 0.1) is 6.92 Å². The second kappa shape index (κ2) is 9.05. The molecule has 0 aliphatic carbocycles. The van der Waals surface area contributed by atoms with Crippen LogP contribution in [0.5, 0.6) is 0 Å². The van der Waals surface area contributed by atoms with Crippen molar-refractivity contribution in [2.75, 3.05) is 19.7 Å². The molecular formula is C23H22N2O6S. The van der Waals surface area contributed by atoms with Gasteiger partial charge in [0, 0.05) is 24.2 Å². The summed E-state index contributed by atoms with van der Waals surface area (Å²) < 4.78 is 37.3. The van der Waals surface area contributed by atoms with Crippen LogP contribution in [0.2, 0.25) is 0 Å². The van der Waals surface area contributed by atoms with Crippen LogP contribution in [0.15, 0.2) is 63.9 Å². The number of carbonyl (C=O) groups is 2. The lowest BCUT2D eigenvalue weighted by atomic mass is 10.1. The summed E-state index contributed by atoms with van der Waals surface area (Å²) >= 11 is 0. The first-order chi connectivity index (χ1) is 15.4. The fourth-order valence-electron chi connectivity index (χ4n) is 3.46. The van der Waals surface area contributed by atoms with E-state index in [1.54, 1.807) is 19.1 Å². The standard InChI is InChI=1S/C23H22N2O6S/c1-16-21(24-22(31-16)18-7-3-2-4-8-18)23(27)30-15-20(26)17-9-11-19(12-10-17)32(28,29)25-13-5-6-14-25/h2-4,7-12H,5-6,13-15H2,1H3. The van der Waals surface area contributed by atoms with Crippen LogP contribution in [0.4, 0.5) is 0 Å². The van der Waals surface area contributed by atoms with Crippen LogP contribution in [-0.2, 0) is 14.8 Å². The zero-order valence-corrected chi connectivity index (χ0v) is 18.3. The average Bonchev–Trinajstić information content (AvgIpc) is 3.48. The Kier molecular flexibility index (Phi) is 6.20. The first-order valence-electron chi connectivity index (χ1n) is 10.2. The molecule has 166 valence electrons. The average molecular weight is 455 g/mol. The Morgan fingerprint density at radius 2 is 1.69 bits per heavy atom. The molecule has 8 nitrogen and oxygen atoms in total. The quantitative estimate of drug-likeness (QED) is 0.397. The fraction of sp³-hybridized carbons (Fsp3) is 0.261. The van der Waals surface area contributed by atoms with Crippen molar-refractivity contribution in [3.63, 3.8) is 0 Å². The molecule has 2 heterocycles. The Morgan fingerprint density at radius 3 is 2.34 bits per heavy atom. The molecule has 0 bridgehead atoms. The molecule has 3 aromatic rings. The number of aryl methyl sites for hydroxylation is 1. The molecule has 0 unspecified atom stereocenters. The molecule has 1 saturated heterocycles. The molecule has 0 radical (unpaired) electrons. The number of nitrogens with zero attached hydrogens (tertiary/aromatic N) is 2. The summed E-state index contributed by atoms with van der Waals surface area (Å²) in [5.74, 6) is -0.642. The SMILES string of the molecule is Cc1oc(-c2ccccc2)nc1C(=O)OCC(=O)c1ccc(S(=O)(=O)N2CCCC2)cc1. The van der Waals surface area contributed by atoms with Gasteiger partial charge in [-0.1, -0.05) is 18.2 Å². The van der Waals surface area contributed by atoms with Crippen molar-refractivity contribution in [1.82, 2.24) is 9.29 Å². The first-order valence-corrected chi connectivity index (χ1v) is 11.6. The zero-order valence-electron chi connectivity index (χ0n) is 17.5. The number of carbonyl (C=O) groups excluding carboxylic acids is 2. The summed E-state index contributed by atoms with van der Waals surface area (Å²) in [6.45, 7) is 2.11. The molecule has 0 N–H and O–H groups in total. The van der Waals surface area contributed by atoms with Gasteiger partial charge in [0.25, 0.3) is 0 Å². The highest BCUT2D eigenvalue weighted by Gasteiger charge is 2.27. The van der Waals surface area contributed by atoms with Gasteiger partial charge in [-0.05, 0) is 56.2 Å². The van der Waals surface area contributed by atoms with Gasteiger partial charge in [0.2, 0.25) is 15.9 Å². The predicted molar refractivity (Wildman–Crippen MR) is 116 cm³/mol. The third-order valence-electron chi connectivity index (χ3n) is 5.22. The van der Waals surface area contributed by atoms with Gasteiger partial charge in [-0.25, -0.2) is 18.2 Å². The van der Waals surface area contributed by atoms with Crippen LogP contribution in [0.1, 0.15) is 39.4 Å². The normalized spacial score (nSPS) is 14.4. The molecule has 0 saturated carbocycles. The molecule has 1 aliphatic heterocycles. The van der Waals surface area contributed by atoms with E-state index in [9.17, 15) is 18.0 Å². The summed E-state index contributed by atoms with van der Waals surface area (Å²) in [6.07, 6.45) is 1.69. The van der Waals surface area contributed by atoms with Crippen molar-refractivity contribution in [3.05, 3.63) is 71.6 Å². The van der Waals surface area contributed by atoms with Gasteiger partial charge < -0.3 is 9.15 Å². The Bertz CT molecular complexity index is 1230. The number of Topliss-reactive ketones (excluding diaryl/α,β-unsaturated/α-hetero) is 1. The molecule has 4 rings (SSSR count). The van der Waals surface area contributed by atoms with E-state index in [2.05, 4.69) is 4.98 Å². The predicted octanol–water partition coefficient (Wildman–Crippen LogP) is 3.47. The molecule has 0 atom stereocenters. The molecule has 0 amide bonds. The molecule has 0 spiro atoms. The summed E-state index contributed by atoms with van der Waals surface area (Å²) in [4.78, 5) is 29.1. The van der Waals surface area contributed by atoms with Gasteiger partial charge in [-0.2, -0.15) is 4.31 Å². The Morgan fingerprint density at radius 1 is 1.03 bits per heavy atom.